The van der Waals surface area contributed by atoms with Gasteiger partial charge in [0, 0.05) is 13.1 Å². The Balaban J connectivity index is 1.47. The van der Waals surface area contributed by atoms with E-state index >= 15 is 0 Å². The first-order valence-corrected chi connectivity index (χ1v) is 8.18. The van der Waals surface area contributed by atoms with Crippen molar-refractivity contribution in [3.63, 3.8) is 0 Å². The molecule has 5 nitrogen and oxygen atoms in total. The molecule has 0 saturated carbocycles. The molecule has 2 aromatic carbocycles. The van der Waals surface area contributed by atoms with Gasteiger partial charge in [-0.05, 0) is 42.4 Å². The number of nitrogens with one attached hydrogen (secondary N) is 1. The number of nitrogens with zero attached hydrogens (tertiary/aromatic N) is 1. The molecule has 1 N–H and O–H groups in total. The van der Waals surface area contributed by atoms with Crippen LogP contribution in [-0.4, -0.2) is 37.6 Å². The van der Waals surface area contributed by atoms with E-state index in [2.05, 4.69) is 5.32 Å². The summed E-state index contributed by atoms with van der Waals surface area (Å²) in [4.78, 5) is 14.0. The molecule has 0 atom stereocenters. The van der Waals surface area contributed by atoms with Crippen LogP contribution in [0.5, 0.6) is 11.5 Å². The smallest absolute Gasteiger partial charge is 0.234 e. The summed E-state index contributed by atoms with van der Waals surface area (Å²) in [7, 11) is 1.88. The molecule has 1 aliphatic rings. The number of fused-ring (bicyclic) bond motifs is 1. The van der Waals surface area contributed by atoms with Crippen molar-refractivity contribution in [2.45, 2.75) is 13.1 Å². The van der Waals surface area contributed by atoms with Gasteiger partial charge in [0.15, 0.2) is 11.5 Å². The van der Waals surface area contributed by atoms with Gasteiger partial charge in [0.05, 0.1) is 6.54 Å². The molecule has 0 saturated heterocycles. The molecule has 0 aromatic heterocycles. The van der Waals surface area contributed by atoms with Crippen LogP contribution in [0.15, 0.2) is 42.5 Å². The topological polar surface area (TPSA) is 50.8 Å². The Morgan fingerprint density at radius 1 is 1.08 bits per heavy atom. The number of halogens is 1. The Kier molecular flexibility index (Phi) is 5.50. The Morgan fingerprint density at radius 2 is 1.76 bits per heavy atom. The largest absolute Gasteiger partial charge is 0.486 e. The lowest BCUT2D eigenvalue weighted by atomic mass is 10.2. The molecule has 0 radical (unpaired) electrons. The summed E-state index contributed by atoms with van der Waals surface area (Å²) in [5.74, 6) is 1.14. The van der Waals surface area contributed by atoms with Crippen LogP contribution in [0.1, 0.15) is 11.1 Å². The molecular weight excluding hydrogens is 323 g/mol. The fraction of sp³-hybridized carbons (Fsp3) is 0.316. The summed E-state index contributed by atoms with van der Waals surface area (Å²) in [6.07, 6.45) is 0. The highest BCUT2D eigenvalue weighted by Crippen LogP contribution is 2.30. The van der Waals surface area contributed by atoms with E-state index in [-0.39, 0.29) is 18.3 Å². The highest BCUT2D eigenvalue weighted by molar-refractivity contribution is 5.77. The van der Waals surface area contributed by atoms with Gasteiger partial charge in [-0.25, -0.2) is 4.39 Å². The number of hydrogen-bond donors (Lipinski definition) is 1. The SMILES string of the molecule is CN(CC(=O)NCc1ccc(F)cc1)Cc1ccc2c(c1)OCCO2. The second-order valence-corrected chi connectivity index (χ2v) is 6.05. The summed E-state index contributed by atoms with van der Waals surface area (Å²) in [5.41, 5.74) is 1.92. The van der Waals surface area contributed by atoms with Crippen LogP contribution in [0.2, 0.25) is 0 Å². The minimum atomic E-state index is -0.283. The number of carbonyl (C=O) groups is 1. The Labute approximate surface area is 146 Å². The van der Waals surface area contributed by atoms with Gasteiger partial charge in [0.2, 0.25) is 5.91 Å². The van der Waals surface area contributed by atoms with Crippen molar-refractivity contribution in [2.75, 3.05) is 26.8 Å². The van der Waals surface area contributed by atoms with Crippen LogP contribution >= 0.6 is 0 Å². The number of rotatable bonds is 6. The number of carbonyl (C=O) groups excluding carboxylic acids is 1. The van der Waals surface area contributed by atoms with Gasteiger partial charge in [-0.15, -0.1) is 0 Å². The van der Waals surface area contributed by atoms with Gasteiger partial charge in [-0.2, -0.15) is 0 Å². The van der Waals surface area contributed by atoms with E-state index in [0.717, 1.165) is 22.6 Å². The highest BCUT2D eigenvalue weighted by atomic mass is 19.1. The number of amides is 1. The molecule has 1 heterocycles. The zero-order valence-electron chi connectivity index (χ0n) is 14.1. The predicted octanol–water partition coefficient (Wildman–Crippen LogP) is 2.35. The zero-order valence-corrected chi connectivity index (χ0v) is 14.1. The summed E-state index contributed by atoms with van der Waals surface area (Å²) in [6, 6.07) is 11.9. The quantitative estimate of drug-likeness (QED) is 0.874. The molecule has 0 fully saturated rings. The van der Waals surface area contributed by atoms with Gasteiger partial charge >= 0.3 is 0 Å². The molecule has 0 spiro atoms. The normalized spacial score (nSPS) is 12.9. The van der Waals surface area contributed by atoms with Crippen LogP contribution in [0.4, 0.5) is 4.39 Å². The van der Waals surface area contributed by atoms with Crippen molar-refractivity contribution in [2.24, 2.45) is 0 Å². The van der Waals surface area contributed by atoms with Crippen LogP contribution in [0.3, 0.4) is 0 Å². The van der Waals surface area contributed by atoms with E-state index in [1.54, 1.807) is 12.1 Å². The number of likely N-dealkylation sites (N-methyl/N-ethyl adjacent to an activating group) is 1. The molecule has 0 aliphatic carbocycles. The average molecular weight is 344 g/mol. The maximum absolute atomic E-state index is 12.9. The first kappa shape index (κ1) is 17.2. The third-order valence-corrected chi connectivity index (χ3v) is 3.88. The molecule has 2 aromatic rings. The summed E-state index contributed by atoms with van der Waals surface area (Å²) in [6.45, 7) is 2.41. The number of ether oxygens (including phenoxy) is 2. The summed E-state index contributed by atoms with van der Waals surface area (Å²) >= 11 is 0. The van der Waals surface area contributed by atoms with Gasteiger partial charge in [0.25, 0.3) is 0 Å². The van der Waals surface area contributed by atoms with Crippen LogP contribution < -0.4 is 14.8 Å². The lowest BCUT2D eigenvalue weighted by Crippen LogP contribution is -2.34. The van der Waals surface area contributed by atoms with E-state index in [1.807, 2.05) is 30.1 Å². The molecule has 132 valence electrons. The monoisotopic (exact) mass is 344 g/mol. The molecule has 25 heavy (non-hydrogen) atoms. The molecule has 0 unspecified atom stereocenters. The maximum atomic E-state index is 12.9. The second-order valence-electron chi connectivity index (χ2n) is 6.05. The maximum Gasteiger partial charge on any atom is 0.234 e. The van der Waals surface area contributed by atoms with Gasteiger partial charge in [-0.1, -0.05) is 18.2 Å². The molecule has 1 aliphatic heterocycles. The first-order chi connectivity index (χ1) is 12.1. The van der Waals surface area contributed by atoms with Crippen molar-refractivity contribution in [3.8, 4) is 11.5 Å². The fourth-order valence-electron chi connectivity index (χ4n) is 2.66. The Hall–Kier alpha value is -2.60. The fourth-order valence-corrected chi connectivity index (χ4v) is 2.66. The third-order valence-electron chi connectivity index (χ3n) is 3.88. The Morgan fingerprint density at radius 3 is 2.52 bits per heavy atom. The molecular formula is C19H21FN2O3. The zero-order chi connectivity index (χ0) is 17.6. The van der Waals surface area contributed by atoms with Gasteiger partial charge in [-0.3, -0.25) is 9.69 Å². The van der Waals surface area contributed by atoms with Crippen molar-refractivity contribution in [1.82, 2.24) is 10.2 Å². The van der Waals surface area contributed by atoms with Crippen LogP contribution in [0, 0.1) is 5.82 Å². The first-order valence-electron chi connectivity index (χ1n) is 8.18. The number of hydrogen-bond acceptors (Lipinski definition) is 4. The van der Waals surface area contributed by atoms with E-state index in [0.29, 0.717) is 26.3 Å². The van der Waals surface area contributed by atoms with Crippen molar-refractivity contribution in [1.29, 1.82) is 0 Å². The van der Waals surface area contributed by atoms with E-state index in [9.17, 15) is 9.18 Å². The second kappa shape index (κ2) is 7.98. The minimum Gasteiger partial charge on any atom is -0.486 e. The van der Waals surface area contributed by atoms with Crippen molar-refractivity contribution >= 4 is 5.91 Å². The van der Waals surface area contributed by atoms with Crippen LogP contribution in [0.25, 0.3) is 0 Å². The summed E-state index contributed by atoms with van der Waals surface area (Å²) in [5, 5.41) is 2.84. The highest BCUT2D eigenvalue weighted by Gasteiger charge is 2.13. The minimum absolute atomic E-state index is 0.0793. The van der Waals surface area contributed by atoms with Gasteiger partial charge in [0.1, 0.15) is 19.0 Å². The summed E-state index contributed by atoms with van der Waals surface area (Å²) < 4.78 is 23.9. The standard InChI is InChI=1S/C19H21FN2O3/c1-22(12-15-4-7-17-18(10-15)25-9-8-24-17)13-19(23)21-11-14-2-5-16(20)6-3-14/h2-7,10H,8-9,11-13H2,1H3,(H,21,23). The van der Waals surface area contributed by atoms with E-state index in [1.165, 1.54) is 12.1 Å². The molecule has 6 heteroatoms. The van der Waals surface area contributed by atoms with Gasteiger partial charge < -0.3 is 14.8 Å². The Bertz CT molecular complexity index is 734. The average Bonchev–Trinajstić information content (AvgIpc) is 2.61. The lowest BCUT2D eigenvalue weighted by Gasteiger charge is -2.21. The predicted molar refractivity (Wildman–Crippen MR) is 92.0 cm³/mol. The molecule has 1 amide bonds. The third kappa shape index (κ3) is 4.93. The van der Waals surface area contributed by atoms with Crippen molar-refractivity contribution < 1.29 is 18.7 Å². The molecule has 0 bridgehead atoms. The van der Waals surface area contributed by atoms with Crippen molar-refractivity contribution in [3.05, 3.63) is 59.4 Å². The van der Waals surface area contributed by atoms with E-state index < -0.39 is 0 Å². The van der Waals surface area contributed by atoms with Crippen LogP contribution in [-0.2, 0) is 17.9 Å². The lowest BCUT2D eigenvalue weighted by molar-refractivity contribution is -0.122. The molecule has 3 rings (SSSR count). The number of benzene rings is 2. The van der Waals surface area contributed by atoms with E-state index in [4.69, 9.17) is 9.47 Å².